The van der Waals surface area contributed by atoms with E-state index in [1.54, 1.807) is 31.4 Å². The van der Waals surface area contributed by atoms with Crippen molar-refractivity contribution in [3.05, 3.63) is 65.7 Å². The van der Waals surface area contributed by atoms with Crippen LogP contribution in [-0.2, 0) is 27.3 Å². The lowest BCUT2D eigenvalue weighted by Crippen LogP contribution is -2.41. The van der Waals surface area contributed by atoms with Crippen molar-refractivity contribution in [2.45, 2.75) is 13.0 Å². The van der Waals surface area contributed by atoms with Gasteiger partial charge in [0.2, 0.25) is 0 Å². The zero-order chi connectivity index (χ0) is 18.8. The number of hydrogen-bond acceptors (Lipinski definition) is 5. The summed E-state index contributed by atoms with van der Waals surface area (Å²) in [6, 6.07) is 15.5. The highest BCUT2D eigenvalue weighted by Gasteiger charge is 2.11. The lowest BCUT2D eigenvalue weighted by Gasteiger charge is -2.08. The number of methoxy groups -OCH3 is 1. The number of rotatable bonds is 7. The average Bonchev–Trinajstić information content (AvgIpc) is 2.66. The fourth-order valence-electron chi connectivity index (χ4n) is 2.09. The Balaban J connectivity index is 1.66. The molecule has 0 saturated carbocycles. The van der Waals surface area contributed by atoms with Crippen LogP contribution in [0.4, 0.5) is 4.79 Å². The highest BCUT2D eigenvalue weighted by atomic mass is 16.5. The van der Waals surface area contributed by atoms with Gasteiger partial charge in [-0.25, -0.2) is 4.79 Å². The molecule has 0 bridgehead atoms. The summed E-state index contributed by atoms with van der Waals surface area (Å²) < 4.78 is 9.90. The lowest BCUT2D eigenvalue weighted by molar-refractivity contribution is -0.147. The molecule has 2 N–H and O–H groups in total. The first-order valence-electron chi connectivity index (χ1n) is 7.97. The minimum absolute atomic E-state index is 0.0253. The van der Waals surface area contributed by atoms with E-state index in [2.05, 4.69) is 10.6 Å². The highest BCUT2D eigenvalue weighted by Crippen LogP contribution is 2.11. The largest absolute Gasteiger partial charge is 0.497 e. The molecule has 136 valence electrons. The van der Waals surface area contributed by atoms with Crippen molar-refractivity contribution in [3.63, 3.8) is 0 Å². The summed E-state index contributed by atoms with van der Waals surface area (Å²) in [7, 11) is 1.55. The van der Waals surface area contributed by atoms with Crippen LogP contribution in [0.15, 0.2) is 54.6 Å². The minimum Gasteiger partial charge on any atom is -0.497 e. The number of benzene rings is 2. The van der Waals surface area contributed by atoms with Crippen molar-refractivity contribution >= 4 is 17.9 Å². The Bertz CT molecular complexity index is 744. The monoisotopic (exact) mass is 356 g/mol. The molecule has 2 aromatic carbocycles. The number of ether oxygens (including phenoxy) is 2. The average molecular weight is 356 g/mol. The molecule has 2 aromatic rings. The molecule has 7 heteroatoms. The van der Waals surface area contributed by atoms with Gasteiger partial charge in [0.05, 0.1) is 13.5 Å². The molecule has 0 spiro atoms. The topological polar surface area (TPSA) is 93.7 Å². The smallest absolute Gasteiger partial charge is 0.321 e. The maximum Gasteiger partial charge on any atom is 0.321 e. The highest BCUT2D eigenvalue weighted by molar-refractivity contribution is 5.95. The van der Waals surface area contributed by atoms with Gasteiger partial charge in [0, 0.05) is 6.54 Å². The number of nitrogens with one attached hydrogen (secondary N) is 2. The number of hydrogen-bond donors (Lipinski definition) is 2. The van der Waals surface area contributed by atoms with Crippen molar-refractivity contribution in [3.8, 4) is 5.75 Å². The first-order valence-corrected chi connectivity index (χ1v) is 7.97. The molecular weight excluding hydrogens is 336 g/mol. The Hall–Kier alpha value is -3.35. The molecule has 0 aliphatic heterocycles. The van der Waals surface area contributed by atoms with E-state index in [0.717, 1.165) is 11.1 Å². The second-order valence-corrected chi connectivity index (χ2v) is 5.40. The van der Waals surface area contributed by atoms with Crippen LogP contribution in [0.5, 0.6) is 5.75 Å². The lowest BCUT2D eigenvalue weighted by atomic mass is 10.1. The molecule has 26 heavy (non-hydrogen) atoms. The summed E-state index contributed by atoms with van der Waals surface area (Å²) in [6.07, 6.45) is 0.0253. The number of urea groups is 1. The van der Waals surface area contributed by atoms with E-state index in [0.29, 0.717) is 5.75 Å². The van der Waals surface area contributed by atoms with Gasteiger partial charge in [-0.2, -0.15) is 0 Å². The summed E-state index contributed by atoms with van der Waals surface area (Å²) in [6.45, 7) is -0.231. The first kappa shape index (κ1) is 19.0. The quantitative estimate of drug-likeness (QED) is 0.738. The van der Waals surface area contributed by atoms with Gasteiger partial charge in [0.15, 0.2) is 6.61 Å². The van der Waals surface area contributed by atoms with E-state index in [4.69, 9.17) is 9.47 Å². The van der Waals surface area contributed by atoms with Crippen molar-refractivity contribution < 1.29 is 23.9 Å². The Morgan fingerprint density at radius 2 is 1.62 bits per heavy atom. The summed E-state index contributed by atoms with van der Waals surface area (Å²) in [5.41, 5.74) is 1.64. The molecular formula is C19H20N2O5. The van der Waals surface area contributed by atoms with Crippen LogP contribution >= 0.6 is 0 Å². The van der Waals surface area contributed by atoms with Crippen LogP contribution in [0, 0.1) is 0 Å². The van der Waals surface area contributed by atoms with Gasteiger partial charge >= 0.3 is 12.0 Å². The molecule has 7 nitrogen and oxygen atoms in total. The molecule has 0 saturated heterocycles. The number of esters is 1. The third kappa shape index (κ3) is 6.64. The third-order valence-corrected chi connectivity index (χ3v) is 3.42. The number of carbonyl (C=O) groups is 3. The fourth-order valence-corrected chi connectivity index (χ4v) is 2.09. The Kier molecular flexibility index (Phi) is 7.17. The summed E-state index contributed by atoms with van der Waals surface area (Å²) in [4.78, 5) is 35.0. The molecule has 0 aliphatic rings. The van der Waals surface area contributed by atoms with Crippen molar-refractivity contribution in [1.82, 2.24) is 10.6 Å². The Labute approximate surface area is 151 Å². The molecule has 0 radical (unpaired) electrons. The minimum atomic E-state index is -0.696. The van der Waals surface area contributed by atoms with Crippen molar-refractivity contribution in [2.75, 3.05) is 13.7 Å². The van der Waals surface area contributed by atoms with Crippen LogP contribution in [-0.4, -0.2) is 31.6 Å². The van der Waals surface area contributed by atoms with E-state index in [1.807, 2.05) is 30.3 Å². The summed E-state index contributed by atoms with van der Waals surface area (Å²) in [5, 5.41) is 4.65. The van der Waals surface area contributed by atoms with Gasteiger partial charge in [-0.15, -0.1) is 0 Å². The molecule has 0 aliphatic carbocycles. The fraction of sp³-hybridized carbons (Fsp3) is 0.211. The molecule has 2 rings (SSSR count). The number of imide groups is 1. The van der Waals surface area contributed by atoms with E-state index in [1.165, 1.54) is 0 Å². The van der Waals surface area contributed by atoms with Crippen molar-refractivity contribution in [2.24, 2.45) is 0 Å². The zero-order valence-electron chi connectivity index (χ0n) is 14.4. The number of amides is 3. The molecule has 0 unspecified atom stereocenters. The van der Waals surface area contributed by atoms with Crippen molar-refractivity contribution in [1.29, 1.82) is 0 Å². The molecule has 0 aromatic heterocycles. The van der Waals surface area contributed by atoms with Gasteiger partial charge in [0.1, 0.15) is 5.75 Å². The summed E-state index contributed by atoms with van der Waals surface area (Å²) in [5.74, 6) is -0.573. The van der Waals surface area contributed by atoms with E-state index in [9.17, 15) is 14.4 Å². The van der Waals surface area contributed by atoms with Crippen LogP contribution in [0.1, 0.15) is 11.1 Å². The SMILES string of the molecule is COc1ccc(CC(=O)OCC(=O)NC(=O)NCc2ccccc2)cc1. The maximum absolute atomic E-state index is 11.7. The van der Waals surface area contributed by atoms with E-state index >= 15 is 0 Å². The third-order valence-electron chi connectivity index (χ3n) is 3.42. The zero-order valence-corrected chi connectivity index (χ0v) is 14.4. The predicted octanol–water partition coefficient (Wildman–Crippen LogP) is 1.81. The van der Waals surface area contributed by atoms with Crippen LogP contribution < -0.4 is 15.4 Å². The van der Waals surface area contributed by atoms with E-state index < -0.39 is 24.5 Å². The summed E-state index contributed by atoms with van der Waals surface area (Å²) >= 11 is 0. The van der Waals surface area contributed by atoms with Gasteiger partial charge in [0.25, 0.3) is 5.91 Å². The second kappa shape index (κ2) is 9.83. The molecule has 3 amide bonds. The predicted molar refractivity (Wildman–Crippen MR) is 94.5 cm³/mol. The van der Waals surface area contributed by atoms with Gasteiger partial charge in [-0.05, 0) is 23.3 Å². The van der Waals surface area contributed by atoms with Gasteiger partial charge < -0.3 is 14.8 Å². The van der Waals surface area contributed by atoms with Crippen LogP contribution in [0.2, 0.25) is 0 Å². The second-order valence-electron chi connectivity index (χ2n) is 5.40. The van der Waals surface area contributed by atoms with Gasteiger partial charge in [-0.3, -0.25) is 14.9 Å². The maximum atomic E-state index is 11.7. The van der Waals surface area contributed by atoms with Crippen LogP contribution in [0.3, 0.4) is 0 Å². The molecule has 0 heterocycles. The molecule has 0 fully saturated rings. The Morgan fingerprint density at radius 1 is 0.923 bits per heavy atom. The van der Waals surface area contributed by atoms with Gasteiger partial charge in [-0.1, -0.05) is 42.5 Å². The number of carbonyl (C=O) groups excluding carboxylic acids is 3. The van der Waals surface area contributed by atoms with Crippen LogP contribution in [0.25, 0.3) is 0 Å². The Morgan fingerprint density at radius 3 is 2.27 bits per heavy atom. The molecule has 0 atom stereocenters. The van der Waals surface area contributed by atoms with E-state index in [-0.39, 0.29) is 13.0 Å². The first-order chi connectivity index (χ1) is 12.6. The standard InChI is InChI=1S/C19H20N2O5/c1-25-16-9-7-14(8-10-16)11-18(23)26-13-17(22)21-19(24)20-12-15-5-3-2-4-6-15/h2-10H,11-13H2,1H3,(H2,20,21,22,24). The normalized spacial score (nSPS) is 9.88.